The molecule has 0 atom stereocenters. The number of aromatic nitrogens is 2. The highest BCUT2D eigenvalue weighted by atomic mass is 32.1. The number of carbonyl (C=O) groups excluding carboxylic acids is 1. The van der Waals surface area contributed by atoms with Gasteiger partial charge in [0.15, 0.2) is 0 Å². The Kier molecular flexibility index (Phi) is 4.04. The van der Waals surface area contributed by atoms with Crippen molar-refractivity contribution in [1.82, 2.24) is 15.3 Å². The van der Waals surface area contributed by atoms with E-state index in [0.29, 0.717) is 12.1 Å². The zero-order valence-electron chi connectivity index (χ0n) is 10.4. The van der Waals surface area contributed by atoms with Crippen molar-refractivity contribution >= 4 is 17.2 Å². The van der Waals surface area contributed by atoms with Gasteiger partial charge in [-0.2, -0.15) is 0 Å². The first-order chi connectivity index (χ1) is 8.65. The molecule has 5 heteroatoms. The fourth-order valence-electron chi connectivity index (χ4n) is 1.53. The minimum absolute atomic E-state index is 0.0885. The van der Waals surface area contributed by atoms with E-state index in [1.807, 2.05) is 25.3 Å². The van der Waals surface area contributed by atoms with Gasteiger partial charge in [0.2, 0.25) is 0 Å². The molecular formula is C13H15N3OS. The second-order valence-corrected chi connectivity index (χ2v) is 5.11. The van der Waals surface area contributed by atoms with Crippen LogP contribution >= 0.6 is 11.3 Å². The molecule has 0 bridgehead atoms. The summed E-state index contributed by atoms with van der Waals surface area (Å²) in [5, 5.41) is 5.94. The van der Waals surface area contributed by atoms with Gasteiger partial charge in [-0.15, -0.1) is 11.3 Å². The normalized spacial score (nSPS) is 10.3. The summed E-state index contributed by atoms with van der Waals surface area (Å²) in [5.74, 6) is -0.0885. The topological polar surface area (TPSA) is 54.9 Å². The van der Waals surface area contributed by atoms with E-state index in [4.69, 9.17) is 0 Å². The predicted octanol–water partition coefficient (Wildman–Crippen LogP) is 2.13. The number of nitrogens with zero attached hydrogens (tertiary/aromatic N) is 2. The minimum atomic E-state index is -0.0885. The van der Waals surface area contributed by atoms with Crippen LogP contribution in [0.4, 0.5) is 0 Å². The van der Waals surface area contributed by atoms with Gasteiger partial charge in [-0.05, 0) is 26.0 Å². The molecule has 2 heterocycles. The molecule has 0 aliphatic heterocycles. The van der Waals surface area contributed by atoms with Crippen LogP contribution in [0.3, 0.4) is 0 Å². The Balaban J connectivity index is 1.83. The highest BCUT2D eigenvalue weighted by Gasteiger charge is 2.05. The molecule has 1 amide bonds. The van der Waals surface area contributed by atoms with Gasteiger partial charge in [0.25, 0.3) is 5.91 Å². The van der Waals surface area contributed by atoms with Crippen molar-refractivity contribution in [2.45, 2.75) is 20.3 Å². The van der Waals surface area contributed by atoms with Gasteiger partial charge in [0.1, 0.15) is 0 Å². The first-order valence-electron chi connectivity index (χ1n) is 5.77. The summed E-state index contributed by atoms with van der Waals surface area (Å²) < 4.78 is 0. The summed E-state index contributed by atoms with van der Waals surface area (Å²) in [5.41, 5.74) is 2.53. The molecule has 0 aliphatic rings. The molecule has 0 radical (unpaired) electrons. The van der Waals surface area contributed by atoms with E-state index >= 15 is 0 Å². The Morgan fingerprint density at radius 2 is 2.22 bits per heavy atom. The molecule has 4 nitrogen and oxygen atoms in total. The lowest BCUT2D eigenvalue weighted by Gasteiger charge is -2.03. The predicted molar refractivity (Wildman–Crippen MR) is 71.9 cm³/mol. The van der Waals surface area contributed by atoms with E-state index < -0.39 is 0 Å². The molecular weight excluding hydrogens is 246 g/mol. The van der Waals surface area contributed by atoms with E-state index in [2.05, 4.69) is 15.3 Å². The van der Waals surface area contributed by atoms with E-state index in [1.165, 1.54) is 0 Å². The molecule has 0 saturated carbocycles. The number of nitrogens with one attached hydrogen (secondary N) is 1. The van der Waals surface area contributed by atoms with Crippen LogP contribution in [0.15, 0.2) is 23.7 Å². The van der Waals surface area contributed by atoms with Crippen LogP contribution in [0.1, 0.15) is 26.8 Å². The van der Waals surface area contributed by atoms with Crippen LogP contribution in [0.2, 0.25) is 0 Å². The van der Waals surface area contributed by atoms with Crippen molar-refractivity contribution in [3.63, 3.8) is 0 Å². The zero-order valence-corrected chi connectivity index (χ0v) is 11.3. The SMILES string of the molecule is Cc1ccc(C(=O)NCCc2csc(C)n2)cn1. The number of thiazole rings is 1. The highest BCUT2D eigenvalue weighted by Crippen LogP contribution is 2.07. The molecule has 18 heavy (non-hydrogen) atoms. The van der Waals surface area contributed by atoms with Crippen molar-refractivity contribution in [3.05, 3.63) is 45.7 Å². The molecule has 0 saturated heterocycles. The average Bonchev–Trinajstić information content (AvgIpc) is 2.76. The Morgan fingerprint density at radius 1 is 1.39 bits per heavy atom. The Labute approximate surface area is 110 Å². The van der Waals surface area contributed by atoms with Crippen LogP contribution in [0.5, 0.6) is 0 Å². The molecule has 2 rings (SSSR count). The molecule has 94 valence electrons. The smallest absolute Gasteiger partial charge is 0.252 e. The van der Waals surface area contributed by atoms with Crippen molar-refractivity contribution < 1.29 is 4.79 Å². The Morgan fingerprint density at radius 3 is 2.83 bits per heavy atom. The summed E-state index contributed by atoms with van der Waals surface area (Å²) >= 11 is 1.63. The zero-order chi connectivity index (χ0) is 13.0. The summed E-state index contributed by atoms with van der Waals surface area (Å²) in [6.07, 6.45) is 2.35. The van der Waals surface area contributed by atoms with E-state index in [0.717, 1.165) is 22.8 Å². The molecule has 2 aromatic rings. The maximum absolute atomic E-state index is 11.8. The highest BCUT2D eigenvalue weighted by molar-refractivity contribution is 7.09. The number of amides is 1. The first kappa shape index (κ1) is 12.7. The summed E-state index contributed by atoms with van der Waals surface area (Å²) in [7, 11) is 0. The first-order valence-corrected chi connectivity index (χ1v) is 6.65. The number of aryl methyl sites for hydroxylation is 2. The summed E-state index contributed by atoms with van der Waals surface area (Å²) in [4.78, 5) is 20.2. The second-order valence-electron chi connectivity index (χ2n) is 4.05. The minimum Gasteiger partial charge on any atom is -0.352 e. The molecule has 0 aromatic carbocycles. The number of carbonyl (C=O) groups is 1. The third-order valence-electron chi connectivity index (χ3n) is 2.51. The quantitative estimate of drug-likeness (QED) is 0.917. The number of rotatable bonds is 4. The summed E-state index contributed by atoms with van der Waals surface area (Å²) in [6, 6.07) is 3.61. The van der Waals surface area contributed by atoms with Crippen LogP contribution in [-0.4, -0.2) is 22.4 Å². The molecule has 1 N–H and O–H groups in total. The van der Waals surface area contributed by atoms with Gasteiger partial charge in [-0.1, -0.05) is 0 Å². The van der Waals surface area contributed by atoms with E-state index in [-0.39, 0.29) is 5.91 Å². The Hall–Kier alpha value is -1.75. The average molecular weight is 261 g/mol. The maximum Gasteiger partial charge on any atom is 0.252 e. The van der Waals surface area contributed by atoms with Gasteiger partial charge < -0.3 is 5.32 Å². The van der Waals surface area contributed by atoms with Crippen molar-refractivity contribution in [3.8, 4) is 0 Å². The van der Waals surface area contributed by atoms with Crippen LogP contribution < -0.4 is 5.32 Å². The second kappa shape index (κ2) is 5.73. The van der Waals surface area contributed by atoms with Gasteiger partial charge >= 0.3 is 0 Å². The lowest BCUT2D eigenvalue weighted by Crippen LogP contribution is -2.25. The third kappa shape index (κ3) is 3.37. The Bertz CT molecular complexity index is 533. The molecule has 0 aliphatic carbocycles. The molecule has 2 aromatic heterocycles. The fraction of sp³-hybridized carbons (Fsp3) is 0.308. The fourth-order valence-corrected chi connectivity index (χ4v) is 2.18. The number of hydrogen-bond acceptors (Lipinski definition) is 4. The van der Waals surface area contributed by atoms with Crippen LogP contribution in [0, 0.1) is 13.8 Å². The van der Waals surface area contributed by atoms with Gasteiger partial charge in [-0.25, -0.2) is 4.98 Å². The van der Waals surface area contributed by atoms with Gasteiger partial charge in [0.05, 0.1) is 16.3 Å². The summed E-state index contributed by atoms with van der Waals surface area (Å²) in [6.45, 7) is 4.47. The van der Waals surface area contributed by atoms with E-state index in [1.54, 1.807) is 23.6 Å². The van der Waals surface area contributed by atoms with Crippen molar-refractivity contribution in [2.75, 3.05) is 6.54 Å². The maximum atomic E-state index is 11.8. The molecule has 0 spiro atoms. The monoisotopic (exact) mass is 261 g/mol. The molecule has 0 fully saturated rings. The standard InChI is InChI=1S/C13H15N3OS/c1-9-3-4-11(7-15-9)13(17)14-6-5-12-8-18-10(2)16-12/h3-4,7-8H,5-6H2,1-2H3,(H,14,17). The van der Waals surface area contributed by atoms with E-state index in [9.17, 15) is 4.79 Å². The van der Waals surface area contributed by atoms with Crippen molar-refractivity contribution in [1.29, 1.82) is 0 Å². The lowest BCUT2D eigenvalue weighted by molar-refractivity contribution is 0.0953. The third-order valence-corrected chi connectivity index (χ3v) is 3.33. The van der Waals surface area contributed by atoms with Crippen LogP contribution in [-0.2, 0) is 6.42 Å². The number of pyridine rings is 1. The van der Waals surface area contributed by atoms with Gasteiger partial charge in [0, 0.05) is 30.2 Å². The largest absolute Gasteiger partial charge is 0.352 e. The van der Waals surface area contributed by atoms with Crippen LogP contribution in [0.25, 0.3) is 0 Å². The lowest BCUT2D eigenvalue weighted by atomic mass is 10.2. The number of hydrogen-bond donors (Lipinski definition) is 1. The molecule has 0 unspecified atom stereocenters. The van der Waals surface area contributed by atoms with Gasteiger partial charge in [-0.3, -0.25) is 9.78 Å². The van der Waals surface area contributed by atoms with Crippen molar-refractivity contribution in [2.24, 2.45) is 0 Å².